The summed E-state index contributed by atoms with van der Waals surface area (Å²) in [6, 6.07) is 22.0. The summed E-state index contributed by atoms with van der Waals surface area (Å²) < 4.78 is 16.9. The number of carbonyl (C=O) groups is 1. The number of ether oxygens (including phenoxy) is 3. The van der Waals surface area contributed by atoms with Crippen LogP contribution in [0.5, 0.6) is 17.2 Å². The van der Waals surface area contributed by atoms with Crippen LogP contribution in [0.1, 0.15) is 27.0 Å². The van der Waals surface area contributed by atoms with Crippen molar-refractivity contribution >= 4 is 5.91 Å². The Morgan fingerprint density at radius 1 is 1.00 bits per heavy atom. The van der Waals surface area contributed by atoms with Crippen molar-refractivity contribution in [2.24, 2.45) is 0 Å². The Labute approximate surface area is 174 Å². The molecule has 3 aromatic rings. The van der Waals surface area contributed by atoms with Gasteiger partial charge in [0.1, 0.15) is 25.6 Å². The lowest BCUT2D eigenvalue weighted by molar-refractivity contribution is 0.0950. The third-order valence-corrected chi connectivity index (χ3v) is 4.69. The summed E-state index contributed by atoms with van der Waals surface area (Å²) in [6.07, 6.45) is 0. The zero-order chi connectivity index (χ0) is 20.8. The number of hydrogen-bond donors (Lipinski definition) is 1. The molecular formula is C24H20N2O4. The average Bonchev–Trinajstić information content (AvgIpc) is 2.81. The summed E-state index contributed by atoms with van der Waals surface area (Å²) in [4.78, 5) is 12.6. The third-order valence-electron chi connectivity index (χ3n) is 4.69. The molecule has 0 radical (unpaired) electrons. The minimum Gasteiger partial charge on any atom is -0.489 e. The molecule has 6 nitrogen and oxygen atoms in total. The Hall–Kier alpha value is -3.98. The molecule has 150 valence electrons. The first-order chi connectivity index (χ1) is 14.7. The second kappa shape index (κ2) is 9.01. The highest BCUT2D eigenvalue weighted by Gasteiger charge is 2.13. The Bertz CT molecular complexity index is 1100. The largest absolute Gasteiger partial charge is 0.489 e. The summed E-state index contributed by atoms with van der Waals surface area (Å²) in [5.74, 6) is 1.78. The lowest BCUT2D eigenvalue weighted by Crippen LogP contribution is -2.23. The lowest BCUT2D eigenvalue weighted by Gasteiger charge is -2.19. The Morgan fingerprint density at radius 3 is 2.70 bits per heavy atom. The van der Waals surface area contributed by atoms with Gasteiger partial charge in [-0.3, -0.25) is 4.79 Å². The molecule has 0 fully saturated rings. The molecule has 0 bridgehead atoms. The van der Waals surface area contributed by atoms with Crippen molar-refractivity contribution in [1.29, 1.82) is 5.26 Å². The van der Waals surface area contributed by atoms with E-state index in [2.05, 4.69) is 11.4 Å². The van der Waals surface area contributed by atoms with Gasteiger partial charge in [-0.05, 0) is 42.0 Å². The van der Waals surface area contributed by atoms with Crippen LogP contribution in [-0.2, 0) is 13.2 Å². The summed E-state index contributed by atoms with van der Waals surface area (Å²) in [5, 5.41) is 12.1. The van der Waals surface area contributed by atoms with Gasteiger partial charge in [0, 0.05) is 17.7 Å². The Morgan fingerprint density at radius 2 is 1.83 bits per heavy atom. The van der Waals surface area contributed by atoms with E-state index >= 15 is 0 Å². The van der Waals surface area contributed by atoms with Gasteiger partial charge in [0.05, 0.1) is 11.6 Å². The molecule has 0 aromatic heterocycles. The molecule has 1 heterocycles. The first kappa shape index (κ1) is 19.3. The van der Waals surface area contributed by atoms with Crippen molar-refractivity contribution in [3.05, 3.63) is 89.0 Å². The lowest BCUT2D eigenvalue weighted by atomic mass is 10.1. The highest BCUT2D eigenvalue weighted by atomic mass is 16.6. The predicted molar refractivity (Wildman–Crippen MR) is 111 cm³/mol. The van der Waals surface area contributed by atoms with E-state index in [0.29, 0.717) is 42.4 Å². The van der Waals surface area contributed by atoms with E-state index in [-0.39, 0.29) is 12.5 Å². The van der Waals surface area contributed by atoms with Crippen LogP contribution in [0.25, 0.3) is 0 Å². The van der Waals surface area contributed by atoms with Gasteiger partial charge >= 0.3 is 0 Å². The second-order valence-corrected chi connectivity index (χ2v) is 6.75. The number of nitrogens with zero attached hydrogens (tertiary/aromatic N) is 1. The number of benzene rings is 3. The summed E-state index contributed by atoms with van der Waals surface area (Å²) in [5.41, 5.74) is 2.80. The summed E-state index contributed by atoms with van der Waals surface area (Å²) in [6.45, 7) is 1.69. The van der Waals surface area contributed by atoms with Crippen molar-refractivity contribution in [2.45, 2.75) is 13.2 Å². The van der Waals surface area contributed by atoms with Gasteiger partial charge in [0.25, 0.3) is 5.91 Å². The van der Waals surface area contributed by atoms with Crippen molar-refractivity contribution in [3.8, 4) is 23.3 Å². The monoisotopic (exact) mass is 400 g/mol. The van der Waals surface area contributed by atoms with E-state index in [1.54, 1.807) is 30.3 Å². The summed E-state index contributed by atoms with van der Waals surface area (Å²) >= 11 is 0. The third kappa shape index (κ3) is 4.53. The van der Waals surface area contributed by atoms with Gasteiger partial charge in [-0.25, -0.2) is 0 Å². The van der Waals surface area contributed by atoms with Gasteiger partial charge in [-0.1, -0.05) is 30.3 Å². The topological polar surface area (TPSA) is 80.6 Å². The molecule has 4 rings (SSSR count). The quantitative estimate of drug-likeness (QED) is 0.680. The molecule has 1 aliphatic rings. The zero-order valence-electron chi connectivity index (χ0n) is 16.3. The summed E-state index contributed by atoms with van der Waals surface area (Å²) in [7, 11) is 0. The van der Waals surface area contributed by atoms with Gasteiger partial charge in [-0.2, -0.15) is 5.26 Å². The van der Waals surface area contributed by atoms with Gasteiger partial charge in [0.15, 0.2) is 11.5 Å². The van der Waals surface area contributed by atoms with E-state index in [4.69, 9.17) is 14.2 Å². The van der Waals surface area contributed by atoms with Gasteiger partial charge < -0.3 is 19.5 Å². The van der Waals surface area contributed by atoms with Crippen molar-refractivity contribution < 1.29 is 19.0 Å². The molecular weight excluding hydrogens is 380 g/mol. The fourth-order valence-electron chi connectivity index (χ4n) is 3.13. The minimum atomic E-state index is -0.201. The van der Waals surface area contributed by atoms with Crippen LogP contribution in [0.2, 0.25) is 0 Å². The van der Waals surface area contributed by atoms with Crippen molar-refractivity contribution in [2.75, 3.05) is 13.2 Å². The molecule has 30 heavy (non-hydrogen) atoms. The smallest absolute Gasteiger partial charge is 0.251 e. The highest BCUT2D eigenvalue weighted by molar-refractivity contribution is 5.94. The van der Waals surface area contributed by atoms with E-state index in [0.717, 1.165) is 16.9 Å². The number of nitrogens with one attached hydrogen (secondary N) is 1. The molecule has 0 saturated heterocycles. The number of rotatable bonds is 6. The molecule has 1 aliphatic heterocycles. The minimum absolute atomic E-state index is 0.201. The van der Waals surface area contributed by atoms with E-state index in [1.165, 1.54) is 0 Å². The highest BCUT2D eigenvalue weighted by Crippen LogP contribution is 2.30. The van der Waals surface area contributed by atoms with Crippen LogP contribution in [0.3, 0.4) is 0 Å². The number of fused-ring (bicyclic) bond motifs is 1. The molecule has 1 amide bonds. The molecule has 0 saturated carbocycles. The Kier molecular flexibility index (Phi) is 5.81. The van der Waals surface area contributed by atoms with E-state index < -0.39 is 0 Å². The first-order valence-electron chi connectivity index (χ1n) is 9.60. The maximum absolute atomic E-state index is 12.6. The van der Waals surface area contributed by atoms with Crippen LogP contribution in [-0.4, -0.2) is 19.1 Å². The number of nitriles is 1. The van der Waals surface area contributed by atoms with Gasteiger partial charge in [-0.15, -0.1) is 0 Å². The number of hydrogen-bond acceptors (Lipinski definition) is 5. The predicted octanol–water partition coefficient (Wildman–Crippen LogP) is 3.84. The standard InChI is InChI=1S/C24H20N2O4/c25-14-19-4-1-2-5-20(19)16-30-21-7-3-6-18(13-21)24(27)26-15-17-8-9-22-23(12-17)29-11-10-28-22/h1-9,12-13H,10-11,15-16H2,(H,26,27). The molecule has 0 atom stereocenters. The second-order valence-electron chi connectivity index (χ2n) is 6.75. The van der Waals surface area contributed by atoms with Crippen LogP contribution in [0.4, 0.5) is 0 Å². The maximum atomic E-state index is 12.6. The van der Waals surface area contributed by atoms with Crippen molar-refractivity contribution in [1.82, 2.24) is 5.32 Å². The molecule has 0 spiro atoms. The van der Waals surface area contributed by atoms with Gasteiger partial charge in [0.2, 0.25) is 0 Å². The molecule has 3 aromatic carbocycles. The first-order valence-corrected chi connectivity index (χ1v) is 9.60. The Balaban J connectivity index is 1.37. The average molecular weight is 400 g/mol. The number of amides is 1. The van der Waals surface area contributed by atoms with Crippen LogP contribution >= 0.6 is 0 Å². The molecule has 6 heteroatoms. The van der Waals surface area contributed by atoms with Crippen LogP contribution < -0.4 is 19.5 Å². The number of carbonyl (C=O) groups excluding carboxylic acids is 1. The maximum Gasteiger partial charge on any atom is 0.251 e. The molecule has 0 unspecified atom stereocenters. The van der Waals surface area contributed by atoms with Crippen molar-refractivity contribution in [3.63, 3.8) is 0 Å². The molecule has 0 aliphatic carbocycles. The van der Waals surface area contributed by atoms with Crippen LogP contribution in [0.15, 0.2) is 66.7 Å². The van der Waals surface area contributed by atoms with E-state index in [1.807, 2.05) is 36.4 Å². The van der Waals surface area contributed by atoms with Crippen LogP contribution in [0, 0.1) is 11.3 Å². The normalized spacial score (nSPS) is 12.0. The zero-order valence-corrected chi connectivity index (χ0v) is 16.3. The molecule has 1 N–H and O–H groups in total. The fraction of sp³-hybridized carbons (Fsp3) is 0.167. The fourth-order valence-corrected chi connectivity index (χ4v) is 3.13. The SMILES string of the molecule is N#Cc1ccccc1COc1cccc(C(=O)NCc2ccc3c(c2)OCCO3)c1. The van der Waals surface area contributed by atoms with E-state index in [9.17, 15) is 10.1 Å².